The molecule has 0 aliphatic carbocycles. The van der Waals surface area contributed by atoms with Crippen LogP contribution in [-0.2, 0) is 4.74 Å². The lowest BCUT2D eigenvalue weighted by Crippen LogP contribution is -2.12. The van der Waals surface area contributed by atoms with Crippen LogP contribution >= 0.6 is 0 Å². The summed E-state index contributed by atoms with van der Waals surface area (Å²) in [5.41, 5.74) is 1.90. The molecule has 2 aromatic rings. The van der Waals surface area contributed by atoms with Crippen LogP contribution in [-0.4, -0.2) is 17.6 Å². The maximum atomic E-state index is 10.9. The molecule has 4 nitrogen and oxygen atoms in total. The Hall–Kier alpha value is -2.10. The molecule has 2 heterocycles. The summed E-state index contributed by atoms with van der Waals surface area (Å²) in [5.74, 6) is 0. The van der Waals surface area contributed by atoms with E-state index in [4.69, 9.17) is 4.74 Å². The van der Waals surface area contributed by atoms with E-state index >= 15 is 0 Å². The van der Waals surface area contributed by atoms with Crippen LogP contribution in [0.1, 0.15) is 11.7 Å². The molecule has 0 saturated carbocycles. The van der Waals surface area contributed by atoms with E-state index in [-0.39, 0.29) is 12.2 Å². The van der Waals surface area contributed by atoms with Crippen molar-refractivity contribution in [3.05, 3.63) is 42.1 Å². The maximum absolute atomic E-state index is 10.9. The number of fused-ring (bicyclic) bond motifs is 1. The number of cyclic esters (lactones) is 1. The molecule has 0 bridgehead atoms. The number of rotatable bonds is 1. The van der Waals surface area contributed by atoms with E-state index < -0.39 is 0 Å². The van der Waals surface area contributed by atoms with Gasteiger partial charge in [0.2, 0.25) is 0 Å². The Morgan fingerprint density at radius 2 is 2.31 bits per heavy atom. The molecule has 1 aromatic heterocycles. The zero-order chi connectivity index (χ0) is 11.0. The van der Waals surface area contributed by atoms with Crippen molar-refractivity contribution in [1.29, 1.82) is 0 Å². The van der Waals surface area contributed by atoms with Gasteiger partial charge >= 0.3 is 6.09 Å². The topological polar surface area (TPSA) is 51.2 Å². The number of pyridine rings is 1. The lowest BCUT2D eigenvalue weighted by atomic mass is 10.1. The monoisotopic (exact) mass is 214 g/mol. The number of aromatic nitrogens is 1. The first-order chi connectivity index (χ1) is 7.83. The molecule has 1 atom stereocenters. The largest absolute Gasteiger partial charge is 0.439 e. The second kappa shape index (κ2) is 3.48. The number of benzene rings is 1. The Morgan fingerprint density at radius 3 is 3.12 bits per heavy atom. The standard InChI is InChI=1S/C12H10N2O2/c15-12-14-7-11(16-12)9-4-3-8-2-1-5-13-10(8)6-9/h1-6,11H,7H2,(H,14,15). The predicted molar refractivity (Wildman–Crippen MR) is 59.0 cm³/mol. The Morgan fingerprint density at radius 1 is 1.38 bits per heavy atom. The highest BCUT2D eigenvalue weighted by molar-refractivity contribution is 5.79. The average molecular weight is 214 g/mol. The molecule has 1 aromatic carbocycles. The van der Waals surface area contributed by atoms with Crippen molar-refractivity contribution in [2.45, 2.75) is 6.10 Å². The van der Waals surface area contributed by atoms with Gasteiger partial charge in [-0.15, -0.1) is 0 Å². The third kappa shape index (κ3) is 1.48. The summed E-state index contributed by atoms with van der Waals surface area (Å²) in [4.78, 5) is 15.2. The number of ether oxygens (including phenoxy) is 1. The van der Waals surface area contributed by atoms with Crippen LogP contribution in [0, 0.1) is 0 Å². The van der Waals surface area contributed by atoms with Gasteiger partial charge in [-0.05, 0) is 17.7 Å². The zero-order valence-corrected chi connectivity index (χ0v) is 8.51. The molecule has 80 valence electrons. The highest BCUT2D eigenvalue weighted by atomic mass is 16.6. The molecule has 4 heteroatoms. The molecule has 1 aliphatic rings. The van der Waals surface area contributed by atoms with Gasteiger partial charge in [0.25, 0.3) is 0 Å². The van der Waals surface area contributed by atoms with E-state index in [1.807, 2.05) is 30.3 Å². The van der Waals surface area contributed by atoms with Crippen molar-refractivity contribution in [3.8, 4) is 0 Å². The van der Waals surface area contributed by atoms with Gasteiger partial charge in [0.05, 0.1) is 12.1 Å². The molecular formula is C12H10N2O2. The van der Waals surface area contributed by atoms with Crippen LogP contribution in [0.2, 0.25) is 0 Å². The van der Waals surface area contributed by atoms with Crippen molar-refractivity contribution in [3.63, 3.8) is 0 Å². The Labute approximate surface area is 92.2 Å². The fraction of sp³-hybridized carbons (Fsp3) is 0.167. The number of nitrogens with one attached hydrogen (secondary N) is 1. The number of carbonyl (C=O) groups is 1. The SMILES string of the molecule is O=C1NCC(c2ccc3cccnc3c2)O1. The lowest BCUT2D eigenvalue weighted by molar-refractivity contribution is 0.141. The van der Waals surface area contributed by atoms with E-state index in [0.717, 1.165) is 16.5 Å². The third-order valence-corrected chi connectivity index (χ3v) is 2.68. The van der Waals surface area contributed by atoms with E-state index in [9.17, 15) is 4.79 Å². The Kier molecular flexibility index (Phi) is 1.99. The van der Waals surface area contributed by atoms with Crippen LogP contribution in [0.4, 0.5) is 4.79 Å². The third-order valence-electron chi connectivity index (χ3n) is 2.68. The molecule has 1 saturated heterocycles. The summed E-state index contributed by atoms with van der Waals surface area (Å²) in [5, 5.41) is 3.72. The fourth-order valence-corrected chi connectivity index (χ4v) is 1.86. The zero-order valence-electron chi connectivity index (χ0n) is 8.51. The summed E-state index contributed by atoms with van der Waals surface area (Å²) in [7, 11) is 0. The Balaban J connectivity index is 2.02. The van der Waals surface area contributed by atoms with Crippen LogP contribution in [0.5, 0.6) is 0 Å². The molecule has 1 fully saturated rings. The number of hydrogen-bond donors (Lipinski definition) is 1. The van der Waals surface area contributed by atoms with Gasteiger partial charge in [0.15, 0.2) is 0 Å². The molecule has 1 aliphatic heterocycles. The number of carbonyl (C=O) groups excluding carboxylic acids is 1. The first kappa shape index (κ1) is 9.15. The van der Waals surface area contributed by atoms with Crippen molar-refractivity contribution < 1.29 is 9.53 Å². The second-order valence-electron chi connectivity index (χ2n) is 3.73. The number of nitrogens with zero attached hydrogens (tertiary/aromatic N) is 1. The van der Waals surface area contributed by atoms with Gasteiger partial charge in [0.1, 0.15) is 6.10 Å². The molecule has 0 spiro atoms. The summed E-state index contributed by atoms with van der Waals surface area (Å²) in [6.45, 7) is 0.525. The Bertz CT molecular complexity index is 553. The fourth-order valence-electron chi connectivity index (χ4n) is 1.86. The van der Waals surface area contributed by atoms with Crippen LogP contribution in [0.15, 0.2) is 36.5 Å². The first-order valence-electron chi connectivity index (χ1n) is 5.12. The van der Waals surface area contributed by atoms with Crippen molar-refractivity contribution >= 4 is 17.0 Å². The highest BCUT2D eigenvalue weighted by Crippen LogP contribution is 2.23. The van der Waals surface area contributed by atoms with Crippen LogP contribution in [0.25, 0.3) is 10.9 Å². The maximum Gasteiger partial charge on any atom is 0.407 e. The van der Waals surface area contributed by atoms with Gasteiger partial charge in [-0.25, -0.2) is 4.79 Å². The second-order valence-corrected chi connectivity index (χ2v) is 3.73. The smallest absolute Gasteiger partial charge is 0.407 e. The van der Waals surface area contributed by atoms with Gasteiger partial charge in [-0.3, -0.25) is 4.98 Å². The first-order valence-corrected chi connectivity index (χ1v) is 5.12. The van der Waals surface area contributed by atoms with E-state index in [2.05, 4.69) is 10.3 Å². The number of amides is 1. The number of hydrogen-bond acceptors (Lipinski definition) is 3. The van der Waals surface area contributed by atoms with Gasteiger partial charge in [-0.1, -0.05) is 18.2 Å². The summed E-state index contributed by atoms with van der Waals surface area (Å²) < 4.78 is 5.12. The van der Waals surface area contributed by atoms with E-state index in [1.165, 1.54) is 0 Å². The predicted octanol–water partition coefficient (Wildman–Crippen LogP) is 2.02. The molecule has 1 amide bonds. The molecule has 1 unspecified atom stereocenters. The van der Waals surface area contributed by atoms with Gasteiger partial charge < -0.3 is 10.1 Å². The highest BCUT2D eigenvalue weighted by Gasteiger charge is 2.24. The van der Waals surface area contributed by atoms with Crippen molar-refractivity contribution in [1.82, 2.24) is 10.3 Å². The summed E-state index contributed by atoms with van der Waals surface area (Å²) in [6, 6.07) is 9.82. The van der Waals surface area contributed by atoms with Crippen molar-refractivity contribution in [2.75, 3.05) is 6.54 Å². The minimum absolute atomic E-state index is 0.195. The molecule has 16 heavy (non-hydrogen) atoms. The molecular weight excluding hydrogens is 204 g/mol. The van der Waals surface area contributed by atoms with Crippen LogP contribution < -0.4 is 5.32 Å². The normalized spacial score (nSPS) is 19.5. The summed E-state index contributed by atoms with van der Waals surface area (Å²) in [6.07, 6.45) is 1.20. The minimum atomic E-state index is -0.355. The molecule has 3 rings (SSSR count). The van der Waals surface area contributed by atoms with E-state index in [0.29, 0.717) is 6.54 Å². The summed E-state index contributed by atoms with van der Waals surface area (Å²) >= 11 is 0. The van der Waals surface area contributed by atoms with Gasteiger partial charge in [0, 0.05) is 11.6 Å². The van der Waals surface area contributed by atoms with Crippen molar-refractivity contribution in [2.24, 2.45) is 0 Å². The minimum Gasteiger partial charge on any atom is -0.439 e. The lowest BCUT2D eigenvalue weighted by Gasteiger charge is -2.08. The van der Waals surface area contributed by atoms with Gasteiger partial charge in [-0.2, -0.15) is 0 Å². The average Bonchev–Trinajstić information content (AvgIpc) is 2.75. The van der Waals surface area contributed by atoms with Crippen LogP contribution in [0.3, 0.4) is 0 Å². The molecule has 1 N–H and O–H groups in total. The van der Waals surface area contributed by atoms with E-state index in [1.54, 1.807) is 6.20 Å². The molecule has 0 radical (unpaired) electrons. The quantitative estimate of drug-likeness (QED) is 0.790. The number of alkyl carbamates (subject to hydrolysis) is 1.